The quantitative estimate of drug-likeness (QED) is 0.417. The Kier molecular flexibility index (Phi) is 4.33. The van der Waals surface area contributed by atoms with E-state index in [0.717, 1.165) is 20.3 Å². The van der Waals surface area contributed by atoms with Crippen LogP contribution in [0.3, 0.4) is 0 Å². The van der Waals surface area contributed by atoms with Gasteiger partial charge in [0.05, 0.1) is 10.2 Å². The molecule has 1 amide bonds. The molecular formula is C18H10BrClN2O2S. The number of hydrogen-bond donors (Lipinski definition) is 1. The lowest BCUT2D eigenvalue weighted by molar-refractivity contribution is 0.0997. The highest BCUT2D eigenvalue weighted by atomic mass is 79.9. The van der Waals surface area contributed by atoms with Crippen LogP contribution in [-0.4, -0.2) is 10.9 Å². The van der Waals surface area contributed by atoms with Crippen molar-refractivity contribution in [2.24, 2.45) is 0 Å². The maximum absolute atomic E-state index is 12.4. The van der Waals surface area contributed by atoms with Crippen molar-refractivity contribution in [3.05, 3.63) is 69.9 Å². The average Bonchev–Trinajstić information content (AvgIpc) is 3.21. The zero-order valence-corrected chi connectivity index (χ0v) is 15.8. The Morgan fingerprint density at radius 2 is 1.92 bits per heavy atom. The first-order valence-electron chi connectivity index (χ1n) is 7.32. The van der Waals surface area contributed by atoms with Gasteiger partial charge in [0.1, 0.15) is 5.76 Å². The smallest absolute Gasteiger partial charge is 0.293 e. The van der Waals surface area contributed by atoms with E-state index in [4.69, 9.17) is 16.0 Å². The predicted molar refractivity (Wildman–Crippen MR) is 104 cm³/mol. The first-order chi connectivity index (χ1) is 12.1. The van der Waals surface area contributed by atoms with Gasteiger partial charge in [0.15, 0.2) is 10.9 Å². The van der Waals surface area contributed by atoms with Crippen molar-refractivity contribution in [1.82, 2.24) is 4.98 Å². The van der Waals surface area contributed by atoms with Crippen LogP contribution in [0.4, 0.5) is 5.13 Å². The van der Waals surface area contributed by atoms with Gasteiger partial charge < -0.3 is 4.42 Å². The Bertz CT molecular complexity index is 1070. The number of aromatic nitrogens is 1. The van der Waals surface area contributed by atoms with Gasteiger partial charge in [-0.3, -0.25) is 10.1 Å². The number of fused-ring (bicyclic) bond motifs is 1. The monoisotopic (exact) mass is 432 g/mol. The number of hydrogen-bond acceptors (Lipinski definition) is 4. The molecule has 124 valence electrons. The number of furan rings is 1. The summed E-state index contributed by atoms with van der Waals surface area (Å²) in [5, 5.41) is 3.88. The number of carbonyl (C=O) groups excluding carboxylic acids is 1. The highest BCUT2D eigenvalue weighted by molar-refractivity contribution is 9.10. The third-order valence-electron chi connectivity index (χ3n) is 3.53. The fourth-order valence-corrected chi connectivity index (χ4v) is 3.61. The number of benzene rings is 2. The predicted octanol–water partition coefficient (Wildman–Crippen LogP) is 6.22. The Balaban J connectivity index is 1.55. The van der Waals surface area contributed by atoms with Crippen molar-refractivity contribution in [1.29, 1.82) is 0 Å². The van der Waals surface area contributed by atoms with E-state index in [2.05, 4.69) is 26.2 Å². The number of rotatable bonds is 3. The van der Waals surface area contributed by atoms with Crippen molar-refractivity contribution < 1.29 is 9.21 Å². The van der Waals surface area contributed by atoms with Crippen LogP contribution >= 0.6 is 38.9 Å². The topological polar surface area (TPSA) is 55.1 Å². The Morgan fingerprint density at radius 1 is 1.12 bits per heavy atom. The summed E-state index contributed by atoms with van der Waals surface area (Å²) in [5.41, 5.74) is 1.65. The minimum atomic E-state index is -0.339. The molecule has 0 fully saturated rings. The molecule has 7 heteroatoms. The molecule has 2 aromatic carbocycles. The van der Waals surface area contributed by atoms with Gasteiger partial charge >= 0.3 is 0 Å². The molecule has 0 aliphatic carbocycles. The Hall–Kier alpha value is -2.15. The Labute approximate surface area is 160 Å². The highest BCUT2D eigenvalue weighted by Gasteiger charge is 2.14. The zero-order chi connectivity index (χ0) is 17.4. The van der Waals surface area contributed by atoms with Crippen LogP contribution in [0.5, 0.6) is 0 Å². The van der Waals surface area contributed by atoms with E-state index in [1.807, 2.05) is 30.3 Å². The van der Waals surface area contributed by atoms with E-state index in [1.54, 1.807) is 24.3 Å². The van der Waals surface area contributed by atoms with Gasteiger partial charge in [0.25, 0.3) is 5.91 Å². The second-order valence-electron chi connectivity index (χ2n) is 5.26. The zero-order valence-electron chi connectivity index (χ0n) is 12.6. The fraction of sp³-hybridized carbons (Fsp3) is 0. The lowest BCUT2D eigenvalue weighted by Gasteiger charge is -1.99. The maximum Gasteiger partial charge on any atom is 0.293 e. The second-order valence-corrected chi connectivity index (χ2v) is 7.64. The number of amides is 1. The largest absolute Gasteiger partial charge is 0.451 e. The number of anilines is 1. The van der Waals surface area contributed by atoms with Crippen LogP contribution in [0, 0.1) is 0 Å². The van der Waals surface area contributed by atoms with Crippen LogP contribution in [0.1, 0.15) is 10.6 Å². The minimum Gasteiger partial charge on any atom is -0.451 e. The molecule has 0 spiro atoms. The van der Waals surface area contributed by atoms with E-state index in [9.17, 15) is 4.79 Å². The average molecular weight is 434 g/mol. The standard InChI is InChI=1S/C18H10BrClN2O2S/c19-11-3-1-10(2-4-11)14-6-7-15(24-14)17(23)22-18-21-13-9-12(20)5-8-16(13)25-18/h1-9H,(H,21,22,23). The van der Waals surface area contributed by atoms with Crippen LogP contribution in [0.2, 0.25) is 5.02 Å². The van der Waals surface area contributed by atoms with E-state index >= 15 is 0 Å². The van der Waals surface area contributed by atoms with E-state index in [-0.39, 0.29) is 11.7 Å². The lowest BCUT2D eigenvalue weighted by Crippen LogP contribution is -2.10. The first kappa shape index (κ1) is 16.3. The summed E-state index contributed by atoms with van der Waals surface area (Å²) in [6.07, 6.45) is 0. The third-order valence-corrected chi connectivity index (χ3v) is 5.24. The van der Waals surface area contributed by atoms with Crippen LogP contribution in [0.25, 0.3) is 21.5 Å². The molecule has 0 saturated heterocycles. The molecule has 0 atom stereocenters. The molecule has 0 bridgehead atoms. The molecule has 0 radical (unpaired) electrons. The SMILES string of the molecule is O=C(Nc1nc2cc(Cl)ccc2s1)c1ccc(-c2ccc(Br)cc2)o1. The molecule has 0 aliphatic heterocycles. The molecule has 4 nitrogen and oxygen atoms in total. The lowest BCUT2D eigenvalue weighted by atomic mass is 10.2. The molecular weight excluding hydrogens is 424 g/mol. The van der Waals surface area contributed by atoms with Gasteiger partial charge in [-0.25, -0.2) is 4.98 Å². The van der Waals surface area contributed by atoms with Crippen molar-refractivity contribution in [2.75, 3.05) is 5.32 Å². The van der Waals surface area contributed by atoms with Gasteiger partial charge in [0, 0.05) is 15.1 Å². The van der Waals surface area contributed by atoms with Gasteiger partial charge in [0.2, 0.25) is 0 Å². The van der Waals surface area contributed by atoms with E-state index in [0.29, 0.717) is 15.9 Å². The Morgan fingerprint density at radius 3 is 2.72 bits per heavy atom. The number of thiazole rings is 1. The van der Waals surface area contributed by atoms with Crippen molar-refractivity contribution in [2.45, 2.75) is 0 Å². The van der Waals surface area contributed by atoms with Gasteiger partial charge in [-0.05, 0) is 42.5 Å². The molecule has 0 aliphatic rings. The van der Waals surface area contributed by atoms with Crippen molar-refractivity contribution in [3.63, 3.8) is 0 Å². The van der Waals surface area contributed by atoms with Crippen molar-refractivity contribution >= 4 is 60.1 Å². The number of nitrogens with zero attached hydrogens (tertiary/aromatic N) is 1. The van der Waals surface area contributed by atoms with E-state index < -0.39 is 0 Å². The number of carbonyl (C=O) groups is 1. The normalized spacial score (nSPS) is 11.0. The molecule has 4 rings (SSSR count). The summed E-state index contributed by atoms with van der Waals surface area (Å²) in [6, 6.07) is 16.5. The van der Waals surface area contributed by atoms with Crippen LogP contribution in [-0.2, 0) is 0 Å². The minimum absolute atomic E-state index is 0.232. The van der Waals surface area contributed by atoms with Crippen LogP contribution in [0.15, 0.2) is 63.5 Å². The molecule has 0 unspecified atom stereocenters. The molecule has 2 heterocycles. The summed E-state index contributed by atoms with van der Waals surface area (Å²) in [7, 11) is 0. The number of nitrogens with one attached hydrogen (secondary N) is 1. The molecule has 2 aromatic heterocycles. The fourth-order valence-electron chi connectivity index (χ4n) is 2.34. The van der Waals surface area contributed by atoms with Gasteiger partial charge in [-0.1, -0.05) is 51.0 Å². The first-order valence-corrected chi connectivity index (χ1v) is 9.30. The van der Waals surface area contributed by atoms with E-state index in [1.165, 1.54) is 11.3 Å². The summed E-state index contributed by atoms with van der Waals surface area (Å²) < 4.78 is 7.60. The summed E-state index contributed by atoms with van der Waals surface area (Å²) in [6.45, 7) is 0. The molecule has 0 saturated carbocycles. The summed E-state index contributed by atoms with van der Waals surface area (Å²) >= 11 is 10.7. The van der Waals surface area contributed by atoms with Gasteiger partial charge in [-0.15, -0.1) is 0 Å². The van der Waals surface area contributed by atoms with Crippen LogP contribution < -0.4 is 5.32 Å². The summed E-state index contributed by atoms with van der Waals surface area (Å²) in [4.78, 5) is 16.8. The second kappa shape index (κ2) is 6.63. The molecule has 4 aromatic rings. The highest BCUT2D eigenvalue weighted by Crippen LogP contribution is 2.29. The van der Waals surface area contributed by atoms with Gasteiger partial charge in [-0.2, -0.15) is 0 Å². The van der Waals surface area contributed by atoms with Crippen molar-refractivity contribution in [3.8, 4) is 11.3 Å². The molecule has 1 N–H and O–H groups in total. The summed E-state index contributed by atoms with van der Waals surface area (Å²) in [5.74, 6) is 0.525. The molecule has 25 heavy (non-hydrogen) atoms. The maximum atomic E-state index is 12.4. The number of halogens is 2. The third kappa shape index (κ3) is 3.46.